The molecule has 2 fully saturated rings. The second kappa shape index (κ2) is 4.56. The van der Waals surface area contributed by atoms with E-state index in [0.29, 0.717) is 5.92 Å². The van der Waals surface area contributed by atoms with E-state index in [1.54, 1.807) is 4.90 Å². The SMILES string of the molecule is C#CC(C)(C)N1C(=O)C(C2CC2)NC(=O)C1C(C)C. The van der Waals surface area contributed by atoms with Crippen LogP contribution in [0.15, 0.2) is 0 Å². The molecule has 1 saturated heterocycles. The van der Waals surface area contributed by atoms with Crippen molar-refractivity contribution in [2.24, 2.45) is 11.8 Å². The summed E-state index contributed by atoms with van der Waals surface area (Å²) in [6.07, 6.45) is 7.58. The summed E-state index contributed by atoms with van der Waals surface area (Å²) in [5, 5.41) is 2.89. The van der Waals surface area contributed by atoms with Crippen LogP contribution in [0.5, 0.6) is 0 Å². The van der Waals surface area contributed by atoms with Crippen LogP contribution >= 0.6 is 0 Å². The van der Waals surface area contributed by atoms with Gasteiger partial charge in [-0.05, 0) is 38.5 Å². The minimum Gasteiger partial charge on any atom is -0.342 e. The summed E-state index contributed by atoms with van der Waals surface area (Å²) in [4.78, 5) is 26.6. The highest BCUT2D eigenvalue weighted by molar-refractivity contribution is 5.98. The Kier molecular flexibility index (Phi) is 3.34. The number of hydrogen-bond acceptors (Lipinski definition) is 2. The Balaban J connectivity index is 2.38. The molecule has 2 aliphatic rings. The van der Waals surface area contributed by atoms with Crippen molar-refractivity contribution in [2.75, 3.05) is 0 Å². The lowest BCUT2D eigenvalue weighted by Gasteiger charge is -2.47. The first-order valence-corrected chi connectivity index (χ1v) is 6.91. The van der Waals surface area contributed by atoms with Crippen LogP contribution in [0, 0.1) is 24.2 Å². The third-order valence-corrected chi connectivity index (χ3v) is 4.03. The van der Waals surface area contributed by atoms with Crippen molar-refractivity contribution >= 4 is 11.8 Å². The molecule has 4 heteroatoms. The molecule has 0 aromatic heterocycles. The number of carbonyl (C=O) groups is 2. The first-order chi connectivity index (χ1) is 8.79. The molecule has 1 heterocycles. The third kappa shape index (κ3) is 2.34. The molecule has 19 heavy (non-hydrogen) atoms. The predicted molar refractivity (Wildman–Crippen MR) is 73.0 cm³/mol. The first-order valence-electron chi connectivity index (χ1n) is 6.91. The molecule has 0 aromatic carbocycles. The quantitative estimate of drug-likeness (QED) is 0.776. The van der Waals surface area contributed by atoms with E-state index in [4.69, 9.17) is 6.42 Å². The Morgan fingerprint density at radius 3 is 2.37 bits per heavy atom. The summed E-state index contributed by atoms with van der Waals surface area (Å²) in [5.41, 5.74) is -0.739. The van der Waals surface area contributed by atoms with Crippen LogP contribution in [0.3, 0.4) is 0 Å². The van der Waals surface area contributed by atoms with Crippen molar-refractivity contribution < 1.29 is 9.59 Å². The average molecular weight is 262 g/mol. The molecule has 0 radical (unpaired) electrons. The number of carbonyl (C=O) groups excluding carboxylic acids is 2. The Hall–Kier alpha value is -1.50. The lowest BCUT2D eigenvalue weighted by Crippen LogP contribution is -2.69. The van der Waals surface area contributed by atoms with Crippen LogP contribution in [0.1, 0.15) is 40.5 Å². The van der Waals surface area contributed by atoms with Gasteiger partial charge >= 0.3 is 0 Å². The smallest absolute Gasteiger partial charge is 0.247 e. The average Bonchev–Trinajstić information content (AvgIpc) is 3.14. The molecule has 1 aliphatic carbocycles. The highest BCUT2D eigenvalue weighted by Gasteiger charge is 2.51. The number of nitrogens with one attached hydrogen (secondary N) is 1. The monoisotopic (exact) mass is 262 g/mol. The molecule has 2 unspecified atom stereocenters. The van der Waals surface area contributed by atoms with Gasteiger partial charge in [0.15, 0.2) is 0 Å². The van der Waals surface area contributed by atoms with E-state index in [1.165, 1.54) is 0 Å². The van der Waals surface area contributed by atoms with Gasteiger partial charge in [-0.15, -0.1) is 6.42 Å². The van der Waals surface area contributed by atoms with Crippen molar-refractivity contribution in [1.82, 2.24) is 10.2 Å². The van der Waals surface area contributed by atoms with Gasteiger partial charge in [-0.1, -0.05) is 19.8 Å². The van der Waals surface area contributed by atoms with Crippen molar-refractivity contribution in [1.29, 1.82) is 0 Å². The van der Waals surface area contributed by atoms with Crippen molar-refractivity contribution in [3.05, 3.63) is 0 Å². The van der Waals surface area contributed by atoms with Gasteiger partial charge in [-0.25, -0.2) is 0 Å². The Morgan fingerprint density at radius 2 is 1.95 bits per heavy atom. The summed E-state index contributed by atoms with van der Waals surface area (Å²) < 4.78 is 0. The maximum atomic E-state index is 12.7. The maximum Gasteiger partial charge on any atom is 0.247 e. The zero-order chi connectivity index (χ0) is 14.4. The number of rotatable bonds is 3. The predicted octanol–water partition coefficient (Wildman–Crippen LogP) is 1.16. The molecule has 0 aromatic rings. The van der Waals surface area contributed by atoms with Crippen molar-refractivity contribution in [3.63, 3.8) is 0 Å². The minimum absolute atomic E-state index is 0.0243. The van der Waals surface area contributed by atoms with Crippen LogP contribution in [-0.4, -0.2) is 34.3 Å². The standard InChI is InChI=1S/C15H22N2O2/c1-6-15(4,5)17-12(9(2)3)13(18)16-11(14(17)19)10-7-8-10/h1,9-12H,7-8H2,2-5H3,(H,16,18). The van der Waals surface area contributed by atoms with Crippen LogP contribution in [0.2, 0.25) is 0 Å². The molecule has 2 atom stereocenters. The molecule has 1 aliphatic heterocycles. The second-order valence-electron chi connectivity index (χ2n) is 6.42. The molecule has 1 saturated carbocycles. The van der Waals surface area contributed by atoms with Gasteiger partial charge in [0, 0.05) is 0 Å². The van der Waals surface area contributed by atoms with E-state index < -0.39 is 11.6 Å². The molecule has 4 nitrogen and oxygen atoms in total. The largest absolute Gasteiger partial charge is 0.342 e. The van der Waals surface area contributed by atoms with E-state index >= 15 is 0 Å². The lowest BCUT2D eigenvalue weighted by atomic mass is 9.89. The fraction of sp³-hybridized carbons (Fsp3) is 0.733. The molecular formula is C15H22N2O2. The van der Waals surface area contributed by atoms with E-state index in [9.17, 15) is 9.59 Å². The van der Waals surface area contributed by atoms with E-state index in [2.05, 4.69) is 11.2 Å². The van der Waals surface area contributed by atoms with Crippen LogP contribution in [0.25, 0.3) is 0 Å². The zero-order valence-corrected chi connectivity index (χ0v) is 12.1. The Morgan fingerprint density at radius 1 is 1.37 bits per heavy atom. The molecule has 0 spiro atoms. The fourth-order valence-electron chi connectivity index (χ4n) is 2.75. The highest BCUT2D eigenvalue weighted by atomic mass is 16.2. The van der Waals surface area contributed by atoms with E-state index in [0.717, 1.165) is 12.8 Å². The van der Waals surface area contributed by atoms with E-state index in [1.807, 2.05) is 27.7 Å². The van der Waals surface area contributed by atoms with Gasteiger partial charge in [0.2, 0.25) is 11.8 Å². The number of terminal acetylenes is 1. The van der Waals surface area contributed by atoms with Gasteiger partial charge in [-0.2, -0.15) is 0 Å². The number of amides is 2. The summed E-state index contributed by atoms with van der Waals surface area (Å²) in [5.74, 6) is 2.88. The second-order valence-corrected chi connectivity index (χ2v) is 6.42. The lowest BCUT2D eigenvalue weighted by molar-refractivity contribution is -0.156. The van der Waals surface area contributed by atoms with Gasteiger partial charge < -0.3 is 10.2 Å². The first kappa shape index (κ1) is 13.9. The van der Waals surface area contributed by atoms with Gasteiger partial charge in [0.25, 0.3) is 0 Å². The molecule has 2 rings (SSSR count). The zero-order valence-electron chi connectivity index (χ0n) is 12.1. The fourth-order valence-corrected chi connectivity index (χ4v) is 2.75. The highest BCUT2D eigenvalue weighted by Crippen LogP contribution is 2.37. The summed E-state index contributed by atoms with van der Waals surface area (Å²) in [7, 11) is 0. The normalized spacial score (nSPS) is 28.3. The van der Waals surface area contributed by atoms with Gasteiger partial charge in [0.1, 0.15) is 12.1 Å². The van der Waals surface area contributed by atoms with Crippen LogP contribution < -0.4 is 5.32 Å². The van der Waals surface area contributed by atoms with Crippen LogP contribution in [0.4, 0.5) is 0 Å². The maximum absolute atomic E-state index is 12.7. The third-order valence-electron chi connectivity index (χ3n) is 4.03. The molecule has 1 N–H and O–H groups in total. The Bertz CT molecular complexity index is 444. The van der Waals surface area contributed by atoms with Crippen LogP contribution in [-0.2, 0) is 9.59 Å². The topological polar surface area (TPSA) is 49.4 Å². The summed E-state index contributed by atoms with van der Waals surface area (Å²) >= 11 is 0. The molecule has 0 bridgehead atoms. The number of nitrogens with zero attached hydrogens (tertiary/aromatic N) is 1. The van der Waals surface area contributed by atoms with Crippen molar-refractivity contribution in [3.8, 4) is 12.3 Å². The van der Waals surface area contributed by atoms with Gasteiger partial charge in [-0.3, -0.25) is 9.59 Å². The summed E-state index contributed by atoms with van der Waals surface area (Å²) in [6.45, 7) is 7.52. The van der Waals surface area contributed by atoms with Crippen molar-refractivity contribution in [2.45, 2.75) is 58.2 Å². The number of piperazine rings is 1. The minimum atomic E-state index is -0.739. The number of hydrogen-bond donors (Lipinski definition) is 1. The van der Waals surface area contributed by atoms with Gasteiger partial charge in [0.05, 0.1) is 5.54 Å². The molecule has 104 valence electrons. The molecule has 2 amide bonds. The van der Waals surface area contributed by atoms with E-state index in [-0.39, 0.29) is 23.8 Å². The Labute approximate surface area is 114 Å². The summed E-state index contributed by atoms with van der Waals surface area (Å²) in [6, 6.07) is -0.858. The molecular weight excluding hydrogens is 240 g/mol.